The fourth-order valence-electron chi connectivity index (χ4n) is 1.61. The van der Waals surface area contributed by atoms with Crippen molar-refractivity contribution in [2.45, 2.75) is 31.1 Å². The maximum absolute atomic E-state index is 11.4. The summed E-state index contributed by atoms with van der Waals surface area (Å²) in [5, 5.41) is 7.58. The number of nitrogens with two attached hydrogens (primary N) is 1. The van der Waals surface area contributed by atoms with Crippen molar-refractivity contribution in [1.82, 2.24) is 5.32 Å². The quantitative estimate of drug-likeness (QED) is 0.857. The molecule has 0 atom stereocenters. The molecule has 1 aromatic carbocycles. The van der Waals surface area contributed by atoms with Gasteiger partial charge in [-0.2, -0.15) is 0 Å². The molecule has 6 nitrogen and oxygen atoms in total. The fourth-order valence-corrected chi connectivity index (χ4v) is 2.15. The maximum Gasteiger partial charge on any atom is 0.257 e. The van der Waals surface area contributed by atoms with Gasteiger partial charge in [0.15, 0.2) is 6.61 Å². The third-order valence-corrected chi connectivity index (χ3v) is 3.64. The Hall–Kier alpha value is -1.60. The molecule has 0 fully saturated rings. The minimum Gasteiger partial charge on any atom is -0.483 e. The van der Waals surface area contributed by atoms with E-state index >= 15 is 0 Å². The number of nitrogens with one attached hydrogen (secondary N) is 1. The third kappa shape index (κ3) is 4.21. The first-order chi connectivity index (χ1) is 9.05. The van der Waals surface area contributed by atoms with E-state index in [1.54, 1.807) is 0 Å². The molecular formula is C13H20N2O4S. The van der Waals surface area contributed by atoms with Gasteiger partial charge < -0.3 is 10.1 Å². The van der Waals surface area contributed by atoms with Crippen LogP contribution in [-0.2, 0) is 20.2 Å². The third-order valence-electron chi connectivity index (χ3n) is 2.73. The zero-order valence-corrected chi connectivity index (χ0v) is 12.9. The van der Waals surface area contributed by atoms with E-state index in [-0.39, 0.29) is 22.8 Å². The second kappa shape index (κ2) is 5.80. The van der Waals surface area contributed by atoms with Gasteiger partial charge in [0.25, 0.3) is 5.91 Å². The number of primary sulfonamides is 1. The highest BCUT2D eigenvalue weighted by molar-refractivity contribution is 7.89. The maximum atomic E-state index is 11.4. The lowest BCUT2D eigenvalue weighted by atomic mass is 9.86. The number of hydrogen-bond donors (Lipinski definition) is 2. The van der Waals surface area contributed by atoms with E-state index in [2.05, 4.69) is 5.32 Å². The summed E-state index contributed by atoms with van der Waals surface area (Å²) in [6.45, 7) is 5.63. The Balaban J connectivity index is 3.22. The summed E-state index contributed by atoms with van der Waals surface area (Å²) in [6.07, 6.45) is 0. The molecule has 7 heteroatoms. The molecule has 0 radical (unpaired) electrons. The molecule has 0 bridgehead atoms. The normalized spacial score (nSPS) is 12.1. The molecule has 0 aromatic heterocycles. The summed E-state index contributed by atoms with van der Waals surface area (Å²) in [4.78, 5) is 11.2. The number of hydrogen-bond acceptors (Lipinski definition) is 4. The Labute approximate surface area is 119 Å². The highest BCUT2D eigenvalue weighted by Gasteiger charge is 2.22. The first-order valence-electron chi connectivity index (χ1n) is 6.06. The molecule has 0 aliphatic heterocycles. The number of benzene rings is 1. The van der Waals surface area contributed by atoms with E-state index in [1.807, 2.05) is 20.8 Å². The van der Waals surface area contributed by atoms with Gasteiger partial charge >= 0.3 is 0 Å². The lowest BCUT2D eigenvalue weighted by molar-refractivity contribution is -0.122. The van der Waals surface area contributed by atoms with E-state index in [0.717, 1.165) is 0 Å². The smallest absolute Gasteiger partial charge is 0.257 e. The summed E-state index contributed by atoms with van der Waals surface area (Å²) in [5.41, 5.74) is 0.326. The van der Waals surface area contributed by atoms with Crippen LogP contribution in [0.4, 0.5) is 0 Å². The molecule has 1 aromatic rings. The lowest BCUT2D eigenvalue weighted by Gasteiger charge is -2.23. The van der Waals surface area contributed by atoms with Gasteiger partial charge in [-0.3, -0.25) is 4.79 Å². The van der Waals surface area contributed by atoms with Crippen molar-refractivity contribution in [3.8, 4) is 5.75 Å². The number of rotatable bonds is 4. The monoisotopic (exact) mass is 300 g/mol. The lowest BCUT2D eigenvalue weighted by Crippen LogP contribution is -2.26. The van der Waals surface area contributed by atoms with Crippen LogP contribution in [0.5, 0.6) is 5.75 Å². The van der Waals surface area contributed by atoms with Crippen LogP contribution in [0.25, 0.3) is 0 Å². The topological polar surface area (TPSA) is 98.5 Å². The van der Waals surface area contributed by atoms with E-state index in [9.17, 15) is 13.2 Å². The van der Waals surface area contributed by atoms with Crippen molar-refractivity contribution in [1.29, 1.82) is 0 Å². The standard InChI is InChI=1S/C13H20N2O4S/c1-13(2,3)10-7-9(20(14,17)18)5-6-11(10)19-8-12(16)15-4/h5-7H,8H2,1-4H3,(H,15,16)(H2,14,17,18). The van der Waals surface area contributed by atoms with Crippen LogP contribution in [-0.4, -0.2) is 28.0 Å². The Morgan fingerprint density at radius 1 is 1.35 bits per heavy atom. The van der Waals surface area contributed by atoms with Gasteiger partial charge in [-0.1, -0.05) is 20.8 Å². The number of likely N-dealkylation sites (N-methyl/N-ethyl adjacent to an activating group) is 1. The van der Waals surface area contributed by atoms with Crippen LogP contribution >= 0.6 is 0 Å². The van der Waals surface area contributed by atoms with Crippen LogP contribution in [0.3, 0.4) is 0 Å². The van der Waals surface area contributed by atoms with Crippen LogP contribution < -0.4 is 15.2 Å². The van der Waals surface area contributed by atoms with Gasteiger partial charge in [0.1, 0.15) is 5.75 Å². The minimum absolute atomic E-state index is 0.0229. The van der Waals surface area contributed by atoms with Crippen LogP contribution in [0.1, 0.15) is 26.3 Å². The molecule has 0 aliphatic rings. The number of carbonyl (C=O) groups is 1. The van der Waals surface area contributed by atoms with Crippen LogP contribution in [0.15, 0.2) is 23.1 Å². The molecule has 1 amide bonds. The highest BCUT2D eigenvalue weighted by Crippen LogP contribution is 2.33. The number of ether oxygens (including phenoxy) is 1. The Morgan fingerprint density at radius 2 is 1.95 bits per heavy atom. The summed E-state index contributed by atoms with van der Waals surface area (Å²) in [6, 6.07) is 4.36. The number of sulfonamides is 1. The van der Waals surface area contributed by atoms with E-state index in [4.69, 9.17) is 9.88 Å². The first kappa shape index (κ1) is 16.5. The number of carbonyl (C=O) groups excluding carboxylic acids is 1. The molecule has 0 aliphatic carbocycles. The molecule has 1 rings (SSSR count). The highest BCUT2D eigenvalue weighted by atomic mass is 32.2. The van der Waals surface area contributed by atoms with Crippen molar-refractivity contribution >= 4 is 15.9 Å². The predicted molar refractivity (Wildman–Crippen MR) is 76.1 cm³/mol. The predicted octanol–water partition coefficient (Wildman–Crippen LogP) is 0.756. The molecule has 112 valence electrons. The SMILES string of the molecule is CNC(=O)COc1ccc(S(N)(=O)=O)cc1C(C)(C)C. The van der Waals surface area contributed by atoms with Crippen molar-refractivity contribution < 1.29 is 17.9 Å². The summed E-state index contributed by atoms with van der Waals surface area (Å²) in [5.74, 6) is 0.203. The van der Waals surface area contributed by atoms with Crippen LogP contribution in [0, 0.1) is 0 Å². The van der Waals surface area contributed by atoms with E-state index in [0.29, 0.717) is 11.3 Å². The molecular weight excluding hydrogens is 280 g/mol. The minimum atomic E-state index is -3.77. The molecule has 20 heavy (non-hydrogen) atoms. The van der Waals surface area contributed by atoms with Gasteiger partial charge in [-0.05, 0) is 23.6 Å². The average Bonchev–Trinajstić information content (AvgIpc) is 2.33. The van der Waals surface area contributed by atoms with Crippen LogP contribution in [0.2, 0.25) is 0 Å². The zero-order valence-electron chi connectivity index (χ0n) is 12.1. The van der Waals surface area contributed by atoms with E-state index in [1.165, 1.54) is 25.2 Å². The van der Waals surface area contributed by atoms with Crippen molar-refractivity contribution in [2.75, 3.05) is 13.7 Å². The van der Waals surface area contributed by atoms with Crippen molar-refractivity contribution in [2.24, 2.45) is 5.14 Å². The number of amides is 1. The first-order valence-corrected chi connectivity index (χ1v) is 7.61. The van der Waals surface area contributed by atoms with Crippen molar-refractivity contribution in [3.63, 3.8) is 0 Å². The average molecular weight is 300 g/mol. The molecule has 0 saturated heterocycles. The zero-order chi connectivity index (χ0) is 15.6. The Morgan fingerprint density at radius 3 is 2.40 bits per heavy atom. The molecule has 3 N–H and O–H groups in total. The van der Waals surface area contributed by atoms with E-state index < -0.39 is 10.0 Å². The molecule has 0 saturated carbocycles. The molecule has 0 spiro atoms. The van der Waals surface area contributed by atoms with Gasteiger partial charge in [-0.15, -0.1) is 0 Å². The fraction of sp³-hybridized carbons (Fsp3) is 0.462. The second-order valence-electron chi connectivity index (χ2n) is 5.41. The van der Waals surface area contributed by atoms with Gasteiger partial charge in [0.2, 0.25) is 10.0 Å². The van der Waals surface area contributed by atoms with Gasteiger partial charge in [0, 0.05) is 12.6 Å². The molecule has 0 heterocycles. The largest absolute Gasteiger partial charge is 0.483 e. The van der Waals surface area contributed by atoms with Gasteiger partial charge in [-0.25, -0.2) is 13.6 Å². The van der Waals surface area contributed by atoms with Gasteiger partial charge in [0.05, 0.1) is 4.90 Å². The summed E-state index contributed by atoms with van der Waals surface area (Å²) < 4.78 is 28.3. The molecule has 0 unspecified atom stereocenters. The Kier molecular flexibility index (Phi) is 4.77. The van der Waals surface area contributed by atoms with Crippen molar-refractivity contribution in [3.05, 3.63) is 23.8 Å². The Bertz CT molecular complexity index is 603. The summed E-state index contributed by atoms with van der Waals surface area (Å²) in [7, 11) is -2.26. The summed E-state index contributed by atoms with van der Waals surface area (Å²) >= 11 is 0. The second-order valence-corrected chi connectivity index (χ2v) is 6.98.